The molecular weight excluding hydrogens is 639 g/mol. The first-order chi connectivity index (χ1) is 25.8. The van der Waals surface area contributed by atoms with Gasteiger partial charge in [0.1, 0.15) is 22.3 Å². The van der Waals surface area contributed by atoms with Crippen molar-refractivity contribution in [3.8, 4) is 45.3 Å². The summed E-state index contributed by atoms with van der Waals surface area (Å²) >= 11 is 0. The fourth-order valence-electron chi connectivity index (χ4n) is 7.73. The molecule has 8 aromatic carbocycles. The molecule has 3 aromatic heterocycles. The van der Waals surface area contributed by atoms with Crippen molar-refractivity contribution in [2.45, 2.75) is 0 Å². The lowest BCUT2D eigenvalue weighted by Gasteiger charge is -2.10. The van der Waals surface area contributed by atoms with E-state index in [1.807, 2.05) is 72.8 Å². The summed E-state index contributed by atoms with van der Waals surface area (Å²) < 4.78 is 13.0. The van der Waals surface area contributed by atoms with Crippen molar-refractivity contribution in [2.24, 2.45) is 0 Å². The molecule has 0 aliphatic carbocycles. The summed E-state index contributed by atoms with van der Waals surface area (Å²) in [7, 11) is 0. The first-order valence-corrected chi connectivity index (χ1v) is 17.4. The molecule has 0 aliphatic rings. The van der Waals surface area contributed by atoms with Crippen LogP contribution >= 0.6 is 0 Å². The topological polar surface area (TPSA) is 65.0 Å². The van der Waals surface area contributed by atoms with E-state index in [2.05, 4.69) is 91.0 Å². The van der Waals surface area contributed by atoms with Gasteiger partial charge in [-0.3, -0.25) is 0 Å². The summed E-state index contributed by atoms with van der Waals surface area (Å²) in [6.45, 7) is 0. The third kappa shape index (κ3) is 4.39. The van der Waals surface area contributed by atoms with Gasteiger partial charge in [-0.1, -0.05) is 127 Å². The molecule has 0 amide bonds. The lowest BCUT2D eigenvalue weighted by molar-refractivity contribution is 0.669. The zero-order valence-corrected chi connectivity index (χ0v) is 27.7. The summed E-state index contributed by atoms with van der Waals surface area (Å²) in [5.41, 5.74) is 8.19. The first kappa shape index (κ1) is 28.7. The highest BCUT2D eigenvalue weighted by Gasteiger charge is 2.21. The van der Waals surface area contributed by atoms with Gasteiger partial charge in [-0.15, -0.1) is 0 Å². The van der Waals surface area contributed by atoms with Gasteiger partial charge in [0, 0.05) is 43.8 Å². The van der Waals surface area contributed by atoms with Crippen LogP contribution in [-0.2, 0) is 0 Å². The lowest BCUT2D eigenvalue weighted by Crippen LogP contribution is -2.00. The number of fused-ring (bicyclic) bond motifs is 9. The summed E-state index contributed by atoms with van der Waals surface area (Å²) in [6.07, 6.45) is 0. The standard InChI is InChI=1S/C47H27N3O2/c1-2-13-29(14-3-1)45-48-46(50-47(49-45)36-21-11-23-41-42(36)35-19-8-9-22-39(35)51-41)31-24-25-40-38(27-31)43-33-18-7-5-15-30(33)26-37(44(43)52-40)34-20-10-16-28-12-4-6-17-32(28)34/h1-27H. The maximum atomic E-state index is 6.79. The molecule has 0 spiro atoms. The van der Waals surface area contributed by atoms with E-state index in [0.29, 0.717) is 17.5 Å². The molecule has 3 heterocycles. The van der Waals surface area contributed by atoms with Crippen LogP contribution in [-0.4, -0.2) is 15.0 Å². The van der Waals surface area contributed by atoms with Crippen molar-refractivity contribution >= 4 is 65.4 Å². The highest BCUT2D eigenvalue weighted by molar-refractivity contribution is 6.24. The van der Waals surface area contributed by atoms with E-state index in [1.54, 1.807) is 0 Å². The fourth-order valence-corrected chi connectivity index (χ4v) is 7.73. The van der Waals surface area contributed by atoms with Crippen molar-refractivity contribution in [3.05, 3.63) is 164 Å². The van der Waals surface area contributed by atoms with Crippen molar-refractivity contribution in [3.63, 3.8) is 0 Å². The largest absolute Gasteiger partial charge is 0.456 e. The van der Waals surface area contributed by atoms with Gasteiger partial charge in [0.15, 0.2) is 17.5 Å². The highest BCUT2D eigenvalue weighted by Crippen LogP contribution is 2.44. The fraction of sp³-hybridized carbons (Fsp3) is 0. The van der Waals surface area contributed by atoms with Gasteiger partial charge < -0.3 is 8.83 Å². The van der Waals surface area contributed by atoms with Crippen LogP contribution in [0, 0.1) is 0 Å². The second-order valence-electron chi connectivity index (χ2n) is 13.1. The van der Waals surface area contributed by atoms with E-state index in [9.17, 15) is 0 Å². The molecule has 0 unspecified atom stereocenters. The van der Waals surface area contributed by atoms with Gasteiger partial charge in [-0.05, 0) is 63.5 Å². The second-order valence-corrected chi connectivity index (χ2v) is 13.1. The maximum absolute atomic E-state index is 6.79. The lowest BCUT2D eigenvalue weighted by atomic mass is 9.93. The molecule has 11 rings (SSSR count). The van der Waals surface area contributed by atoms with Gasteiger partial charge in [0.2, 0.25) is 0 Å². The number of hydrogen-bond donors (Lipinski definition) is 0. The van der Waals surface area contributed by atoms with Crippen molar-refractivity contribution in [1.29, 1.82) is 0 Å². The van der Waals surface area contributed by atoms with Crippen LogP contribution in [0.25, 0.3) is 111 Å². The van der Waals surface area contributed by atoms with E-state index in [4.69, 9.17) is 23.8 Å². The SMILES string of the molecule is c1ccc(-c2nc(-c3ccc4oc5c(-c6cccc7ccccc67)cc6ccccc6c5c4c3)nc(-c3cccc4oc5ccccc5c34)n2)cc1. The highest BCUT2D eigenvalue weighted by atomic mass is 16.3. The number of aromatic nitrogens is 3. The van der Waals surface area contributed by atoms with Gasteiger partial charge in [-0.2, -0.15) is 0 Å². The Morgan fingerprint density at radius 2 is 0.962 bits per heavy atom. The Kier molecular flexibility index (Phi) is 6.18. The number of furan rings is 2. The molecule has 0 saturated heterocycles. The van der Waals surface area contributed by atoms with E-state index in [0.717, 1.165) is 82.5 Å². The molecule has 0 aliphatic heterocycles. The number of benzene rings is 8. The Bertz CT molecular complexity index is 3190. The summed E-state index contributed by atoms with van der Waals surface area (Å²) in [5, 5.41) is 8.77. The van der Waals surface area contributed by atoms with Gasteiger partial charge in [-0.25, -0.2) is 15.0 Å². The molecule has 52 heavy (non-hydrogen) atoms. The summed E-state index contributed by atoms with van der Waals surface area (Å²) in [4.78, 5) is 15.3. The second kappa shape index (κ2) is 11.2. The van der Waals surface area contributed by atoms with Gasteiger partial charge in [0.25, 0.3) is 0 Å². The third-order valence-corrected chi connectivity index (χ3v) is 10.1. The molecule has 0 radical (unpaired) electrons. The maximum Gasteiger partial charge on any atom is 0.164 e. The number of para-hydroxylation sites is 1. The number of nitrogens with zero attached hydrogens (tertiary/aromatic N) is 3. The van der Waals surface area contributed by atoms with E-state index in [-0.39, 0.29) is 0 Å². The normalized spacial score (nSPS) is 11.8. The quantitative estimate of drug-likeness (QED) is 0.187. The monoisotopic (exact) mass is 665 g/mol. The van der Waals surface area contributed by atoms with Crippen LogP contribution < -0.4 is 0 Å². The average Bonchev–Trinajstić information content (AvgIpc) is 3.79. The molecule has 242 valence electrons. The first-order valence-electron chi connectivity index (χ1n) is 17.4. The summed E-state index contributed by atoms with van der Waals surface area (Å²) in [5.74, 6) is 1.77. The minimum absolute atomic E-state index is 0.583. The summed E-state index contributed by atoms with van der Waals surface area (Å²) in [6, 6.07) is 56.3. The van der Waals surface area contributed by atoms with Crippen LogP contribution in [0.15, 0.2) is 173 Å². The molecule has 0 atom stereocenters. The Morgan fingerprint density at radius 1 is 0.327 bits per heavy atom. The molecule has 11 aromatic rings. The molecule has 5 heteroatoms. The minimum Gasteiger partial charge on any atom is -0.456 e. The van der Waals surface area contributed by atoms with Crippen LogP contribution in [0.1, 0.15) is 0 Å². The van der Waals surface area contributed by atoms with Crippen LogP contribution in [0.5, 0.6) is 0 Å². The zero-order valence-electron chi connectivity index (χ0n) is 27.7. The Hall–Kier alpha value is -7.11. The van der Waals surface area contributed by atoms with Gasteiger partial charge in [0.05, 0.1) is 0 Å². The molecule has 5 nitrogen and oxygen atoms in total. The minimum atomic E-state index is 0.583. The molecular formula is C47H27N3O2. The van der Waals surface area contributed by atoms with E-state index < -0.39 is 0 Å². The number of hydrogen-bond acceptors (Lipinski definition) is 5. The smallest absolute Gasteiger partial charge is 0.164 e. The van der Waals surface area contributed by atoms with Crippen LogP contribution in [0.4, 0.5) is 0 Å². The third-order valence-electron chi connectivity index (χ3n) is 10.1. The Morgan fingerprint density at radius 3 is 1.85 bits per heavy atom. The zero-order chi connectivity index (χ0) is 34.2. The van der Waals surface area contributed by atoms with Crippen LogP contribution in [0.2, 0.25) is 0 Å². The van der Waals surface area contributed by atoms with E-state index in [1.165, 1.54) is 10.8 Å². The van der Waals surface area contributed by atoms with Crippen molar-refractivity contribution < 1.29 is 8.83 Å². The predicted molar refractivity (Wildman–Crippen MR) is 211 cm³/mol. The van der Waals surface area contributed by atoms with Crippen LogP contribution in [0.3, 0.4) is 0 Å². The van der Waals surface area contributed by atoms with Crippen molar-refractivity contribution in [1.82, 2.24) is 15.0 Å². The van der Waals surface area contributed by atoms with Gasteiger partial charge >= 0.3 is 0 Å². The molecule has 0 fully saturated rings. The Balaban J connectivity index is 1.17. The molecule has 0 N–H and O–H groups in total. The average molecular weight is 666 g/mol. The van der Waals surface area contributed by atoms with Crippen molar-refractivity contribution in [2.75, 3.05) is 0 Å². The Labute approximate surface area is 297 Å². The predicted octanol–water partition coefficient (Wildman–Crippen LogP) is 12.6. The van der Waals surface area contributed by atoms with E-state index >= 15 is 0 Å². The molecule has 0 bridgehead atoms. The number of rotatable bonds is 4. The molecule has 0 saturated carbocycles.